The van der Waals surface area contributed by atoms with Crippen molar-refractivity contribution in [2.24, 2.45) is 0 Å². The van der Waals surface area contributed by atoms with Crippen molar-refractivity contribution in [1.82, 2.24) is 0 Å². The van der Waals surface area contributed by atoms with Crippen molar-refractivity contribution < 1.29 is 9.22 Å². The molecule has 0 heterocycles. The molecule has 0 aliphatic heterocycles. The molecule has 0 aromatic rings. The third-order valence-corrected chi connectivity index (χ3v) is 7.45. The zero-order chi connectivity index (χ0) is 17.8. The smallest absolute Gasteiger partial charge is 0.186 e. The van der Waals surface area contributed by atoms with Gasteiger partial charge in [-0.15, -0.1) is 0 Å². The van der Waals surface area contributed by atoms with Crippen molar-refractivity contribution >= 4 is 30.0 Å². The van der Waals surface area contributed by atoms with Crippen LogP contribution >= 0.6 is 15.9 Å². The molecule has 0 unspecified atom stereocenters. The van der Waals surface area contributed by atoms with Crippen LogP contribution in [0, 0.1) is 0 Å². The summed E-state index contributed by atoms with van der Waals surface area (Å²) in [5.41, 5.74) is 0. The number of rotatable bonds is 15. The Morgan fingerprint density at radius 1 is 0.913 bits per heavy atom. The molecule has 0 radical (unpaired) electrons. The van der Waals surface area contributed by atoms with E-state index in [9.17, 15) is 4.79 Å². The van der Waals surface area contributed by atoms with E-state index < -0.39 is 8.32 Å². The zero-order valence-electron chi connectivity index (χ0n) is 16.2. The number of ketones is 1. The molecule has 0 spiro atoms. The van der Waals surface area contributed by atoms with E-state index in [-0.39, 0.29) is 4.32 Å². The summed E-state index contributed by atoms with van der Waals surface area (Å²) in [4.78, 5) is 11.8. The summed E-state index contributed by atoms with van der Waals surface area (Å²) < 4.78 is 5.52. The molecule has 0 rings (SSSR count). The second-order valence-electron chi connectivity index (χ2n) is 7.77. The fraction of sp³-hybridized carbons (Fsp3) is 0.947. The van der Waals surface area contributed by atoms with Crippen molar-refractivity contribution in [3.8, 4) is 0 Å². The maximum absolute atomic E-state index is 11.8. The van der Waals surface area contributed by atoms with Crippen LogP contribution in [0.1, 0.15) is 85.0 Å². The molecule has 0 fully saturated rings. The number of unbranched alkanes of at least 4 members (excludes halogenated alkanes) is 8. The molecule has 0 aliphatic carbocycles. The number of Topliss-reactive ketones (excluding diaryl/α,β-unsaturated/α-hetero) is 1. The fourth-order valence-corrected chi connectivity index (χ4v) is 5.06. The molecule has 0 aromatic carbocycles. The molecule has 4 heteroatoms. The van der Waals surface area contributed by atoms with E-state index in [2.05, 4.69) is 35.9 Å². The van der Waals surface area contributed by atoms with Crippen LogP contribution in [0.25, 0.3) is 0 Å². The lowest BCUT2D eigenvalue weighted by Crippen LogP contribution is -2.29. The summed E-state index contributed by atoms with van der Waals surface area (Å²) in [6.45, 7) is 11.5. The Kier molecular flexibility index (Phi) is 12.8. The average molecular weight is 408 g/mol. The Labute approximate surface area is 154 Å². The summed E-state index contributed by atoms with van der Waals surface area (Å²) in [7, 11) is -1.35. The van der Waals surface area contributed by atoms with Crippen molar-refractivity contribution in [3.05, 3.63) is 0 Å². The third kappa shape index (κ3) is 14.4. The quantitative estimate of drug-likeness (QED) is 0.168. The van der Waals surface area contributed by atoms with Crippen LogP contribution in [0.15, 0.2) is 0 Å². The molecule has 0 aromatic heterocycles. The van der Waals surface area contributed by atoms with Crippen molar-refractivity contribution in [3.63, 3.8) is 0 Å². The Hall–Kier alpha value is 0.327. The van der Waals surface area contributed by atoms with Crippen LogP contribution in [-0.2, 0) is 9.22 Å². The van der Waals surface area contributed by atoms with Gasteiger partial charge in [0.25, 0.3) is 0 Å². The van der Waals surface area contributed by atoms with E-state index in [0.717, 1.165) is 19.4 Å². The Balaban J connectivity index is 3.33. The predicted molar refractivity (Wildman–Crippen MR) is 108 cm³/mol. The molecule has 138 valence electrons. The summed E-state index contributed by atoms with van der Waals surface area (Å²) in [6, 6.07) is 1.30. The monoisotopic (exact) mass is 406 g/mol. The minimum absolute atomic E-state index is 0.330. The summed E-state index contributed by atoms with van der Waals surface area (Å²) >= 11 is 3.43. The van der Waals surface area contributed by atoms with E-state index in [1.54, 1.807) is 0 Å². The maximum Gasteiger partial charge on any atom is 0.186 e. The lowest BCUT2D eigenvalue weighted by Gasteiger charge is -2.21. The highest BCUT2D eigenvalue weighted by molar-refractivity contribution is 9.10. The van der Waals surface area contributed by atoms with Gasteiger partial charge in [-0.2, -0.15) is 0 Å². The van der Waals surface area contributed by atoms with Gasteiger partial charge in [-0.3, -0.25) is 4.79 Å². The molecular formula is C19H39BrO2Si. The minimum atomic E-state index is -1.35. The number of carbonyl (C=O) groups excluding carboxylic acids is 1. The second kappa shape index (κ2) is 12.7. The normalized spacial score (nSPS) is 12.6. The van der Waals surface area contributed by atoms with Gasteiger partial charge in [-0.1, -0.05) is 67.3 Å². The van der Waals surface area contributed by atoms with Crippen LogP contribution in [0.4, 0.5) is 0 Å². The number of hydrogen-bond acceptors (Lipinski definition) is 2. The second-order valence-corrected chi connectivity index (χ2v) is 14.1. The Bertz CT molecular complexity index is 311. The van der Waals surface area contributed by atoms with Gasteiger partial charge < -0.3 is 4.43 Å². The van der Waals surface area contributed by atoms with E-state index in [1.165, 1.54) is 57.4 Å². The molecule has 2 nitrogen and oxygen atoms in total. The highest BCUT2D eigenvalue weighted by Gasteiger charge is 2.22. The van der Waals surface area contributed by atoms with E-state index in [1.807, 2.05) is 13.8 Å². The van der Waals surface area contributed by atoms with Gasteiger partial charge in [0.15, 0.2) is 8.32 Å². The first kappa shape index (κ1) is 23.3. The van der Waals surface area contributed by atoms with Gasteiger partial charge in [-0.05, 0) is 46.3 Å². The lowest BCUT2D eigenvalue weighted by atomic mass is 10.0. The minimum Gasteiger partial charge on any atom is -0.418 e. The number of carbonyl (C=O) groups is 1. The van der Waals surface area contributed by atoms with Gasteiger partial charge in [-0.25, -0.2) is 0 Å². The van der Waals surface area contributed by atoms with Gasteiger partial charge in [0.05, 0.1) is 4.32 Å². The number of halogens is 1. The van der Waals surface area contributed by atoms with Crippen LogP contribution in [0.3, 0.4) is 0 Å². The Morgan fingerprint density at radius 2 is 1.35 bits per heavy atom. The molecule has 0 saturated heterocycles. The molecule has 0 atom stereocenters. The highest BCUT2D eigenvalue weighted by atomic mass is 79.9. The van der Waals surface area contributed by atoms with Gasteiger partial charge >= 0.3 is 0 Å². The first-order chi connectivity index (χ1) is 10.7. The SMILES string of the molecule is CCO[Si](C)(C)CCCCCCCCCCCC(=O)C(C)(C)Br. The molecule has 0 saturated carbocycles. The van der Waals surface area contributed by atoms with Gasteiger partial charge in [0.1, 0.15) is 5.78 Å². The standard InChI is InChI=1S/C19H39BrO2Si/c1-6-22-23(4,5)17-15-13-11-9-7-8-10-12-14-16-18(21)19(2,3)20/h6-17H2,1-5H3. The van der Waals surface area contributed by atoms with Crippen LogP contribution in [0.2, 0.25) is 19.1 Å². The van der Waals surface area contributed by atoms with Crippen molar-refractivity contribution in [2.45, 2.75) is 108 Å². The molecule has 0 aliphatic rings. The molecule has 23 heavy (non-hydrogen) atoms. The zero-order valence-corrected chi connectivity index (χ0v) is 18.8. The highest BCUT2D eigenvalue weighted by Crippen LogP contribution is 2.21. The van der Waals surface area contributed by atoms with Crippen LogP contribution < -0.4 is 0 Å². The van der Waals surface area contributed by atoms with Gasteiger partial charge in [0.2, 0.25) is 0 Å². The third-order valence-electron chi connectivity index (χ3n) is 4.38. The fourth-order valence-electron chi connectivity index (χ4n) is 2.83. The summed E-state index contributed by atoms with van der Waals surface area (Å²) in [6.07, 6.45) is 12.3. The number of hydrogen-bond donors (Lipinski definition) is 0. The van der Waals surface area contributed by atoms with Gasteiger partial charge in [0, 0.05) is 13.0 Å². The first-order valence-corrected chi connectivity index (χ1v) is 13.5. The predicted octanol–water partition coefficient (Wildman–Crippen LogP) is 6.87. The molecular weight excluding hydrogens is 368 g/mol. The molecule has 0 amide bonds. The average Bonchev–Trinajstić information content (AvgIpc) is 2.43. The molecule has 0 bridgehead atoms. The topological polar surface area (TPSA) is 26.3 Å². The summed E-state index contributed by atoms with van der Waals surface area (Å²) in [5.74, 6) is 0.330. The lowest BCUT2D eigenvalue weighted by molar-refractivity contribution is -0.120. The largest absolute Gasteiger partial charge is 0.418 e. The Morgan fingerprint density at radius 3 is 1.78 bits per heavy atom. The van der Waals surface area contributed by atoms with Crippen molar-refractivity contribution in [1.29, 1.82) is 0 Å². The molecule has 0 N–H and O–H groups in total. The van der Waals surface area contributed by atoms with E-state index in [4.69, 9.17) is 4.43 Å². The maximum atomic E-state index is 11.8. The van der Waals surface area contributed by atoms with Crippen LogP contribution in [0.5, 0.6) is 0 Å². The number of alkyl halides is 1. The van der Waals surface area contributed by atoms with Crippen molar-refractivity contribution in [2.75, 3.05) is 6.61 Å². The van der Waals surface area contributed by atoms with Crippen LogP contribution in [-0.4, -0.2) is 25.0 Å². The van der Waals surface area contributed by atoms with E-state index >= 15 is 0 Å². The van der Waals surface area contributed by atoms with E-state index in [0.29, 0.717) is 5.78 Å². The summed E-state index contributed by atoms with van der Waals surface area (Å²) in [5, 5.41) is 0. The first-order valence-electron chi connectivity index (χ1n) is 9.55.